The van der Waals surface area contributed by atoms with Gasteiger partial charge in [-0.1, -0.05) is 42.5 Å². The molecule has 2 bridgehead atoms. The number of benzene rings is 4. The molecular weight excluding hydrogens is 722 g/mol. The quantitative estimate of drug-likeness (QED) is 0.105. The van der Waals surface area contributed by atoms with Gasteiger partial charge in [0.05, 0.1) is 37.9 Å². The Kier molecular flexibility index (Phi) is 10.6. The number of hydrogen-bond acceptors (Lipinski definition) is 7. The number of nitrogens with one attached hydrogen (secondary N) is 2. The lowest BCUT2D eigenvalue weighted by Gasteiger charge is -2.55. The van der Waals surface area contributed by atoms with Crippen molar-refractivity contribution in [2.45, 2.75) is 89.5 Å². The zero-order chi connectivity index (χ0) is 39.9. The van der Waals surface area contributed by atoms with E-state index in [2.05, 4.69) is 72.0 Å². The third-order valence-electron chi connectivity index (χ3n) is 13.3. The molecular formula is C46H52FN5O5. The second-order valence-electron chi connectivity index (χ2n) is 16.4. The number of aromatic nitrogens is 2. The maximum Gasteiger partial charge on any atom is 0.309 e. The third-order valence-corrected chi connectivity index (χ3v) is 13.3. The SMILES string of the molecule is COc1cc(Cn2ncc3c(-c4cccc(-c5cc(F)c(CNCC6CCC(=O)N6)c(OC)c5)c4C)cccc32)ccc1CN(C)C12CCC(C(=O)O)(CC1)CC2. The normalized spacial score (nSPS) is 21.6. The summed E-state index contributed by atoms with van der Waals surface area (Å²) in [5, 5.41) is 22.0. The van der Waals surface area contributed by atoms with Crippen LogP contribution in [0.4, 0.5) is 4.39 Å². The Bertz CT molecular complexity index is 2310. The molecule has 10 nitrogen and oxygen atoms in total. The minimum atomic E-state index is -0.628. The first-order valence-corrected chi connectivity index (χ1v) is 20.0. The zero-order valence-electron chi connectivity index (χ0n) is 33.3. The van der Waals surface area contributed by atoms with Crippen molar-refractivity contribution in [2.75, 3.05) is 27.8 Å². The molecule has 1 unspecified atom stereocenters. The van der Waals surface area contributed by atoms with Crippen LogP contribution in [0.5, 0.6) is 11.5 Å². The molecule has 2 heterocycles. The van der Waals surface area contributed by atoms with Crippen LogP contribution in [0.2, 0.25) is 0 Å². The monoisotopic (exact) mass is 773 g/mol. The predicted molar refractivity (Wildman–Crippen MR) is 219 cm³/mol. The number of fused-ring (bicyclic) bond motifs is 4. The highest BCUT2D eigenvalue weighted by molar-refractivity contribution is 5.96. The molecule has 0 radical (unpaired) electrons. The van der Waals surface area contributed by atoms with Crippen LogP contribution in [0.3, 0.4) is 0 Å². The van der Waals surface area contributed by atoms with Crippen molar-refractivity contribution in [2.24, 2.45) is 5.41 Å². The van der Waals surface area contributed by atoms with Crippen molar-refractivity contribution < 1.29 is 28.6 Å². The molecule has 11 heteroatoms. The first-order valence-electron chi connectivity index (χ1n) is 20.0. The van der Waals surface area contributed by atoms with E-state index in [9.17, 15) is 14.7 Å². The van der Waals surface area contributed by atoms with Crippen molar-refractivity contribution in [3.8, 4) is 33.8 Å². The number of carbonyl (C=O) groups is 2. The summed E-state index contributed by atoms with van der Waals surface area (Å²) in [6.07, 6.45) is 8.22. The van der Waals surface area contributed by atoms with Crippen molar-refractivity contribution in [3.63, 3.8) is 0 Å². The highest BCUT2D eigenvalue weighted by Crippen LogP contribution is 2.55. The largest absolute Gasteiger partial charge is 0.496 e. The van der Waals surface area contributed by atoms with Gasteiger partial charge in [-0.05, 0) is 117 Å². The van der Waals surface area contributed by atoms with Crippen LogP contribution < -0.4 is 20.1 Å². The summed E-state index contributed by atoms with van der Waals surface area (Å²) < 4.78 is 29.4. The minimum Gasteiger partial charge on any atom is -0.496 e. The van der Waals surface area contributed by atoms with Gasteiger partial charge < -0.3 is 25.2 Å². The lowest BCUT2D eigenvalue weighted by atomic mass is 9.57. The Morgan fingerprint density at radius 2 is 1.70 bits per heavy atom. The summed E-state index contributed by atoms with van der Waals surface area (Å²) in [7, 11) is 5.45. The predicted octanol–water partition coefficient (Wildman–Crippen LogP) is 7.86. The van der Waals surface area contributed by atoms with E-state index < -0.39 is 11.4 Å². The molecule has 1 atom stereocenters. The smallest absolute Gasteiger partial charge is 0.309 e. The van der Waals surface area contributed by atoms with Gasteiger partial charge in [-0.25, -0.2) is 4.39 Å². The Morgan fingerprint density at radius 1 is 0.982 bits per heavy atom. The molecule has 4 fully saturated rings. The summed E-state index contributed by atoms with van der Waals surface area (Å²) in [4.78, 5) is 26.0. The Morgan fingerprint density at radius 3 is 2.40 bits per heavy atom. The highest BCUT2D eigenvalue weighted by Gasteiger charge is 2.54. The molecule has 4 aromatic carbocycles. The van der Waals surface area contributed by atoms with Crippen LogP contribution in [0.25, 0.3) is 33.2 Å². The number of nitrogens with zero attached hydrogens (tertiary/aromatic N) is 3. The van der Waals surface area contributed by atoms with Crippen LogP contribution in [-0.2, 0) is 29.2 Å². The van der Waals surface area contributed by atoms with Gasteiger partial charge in [0.2, 0.25) is 5.91 Å². The molecule has 3 aliphatic carbocycles. The van der Waals surface area contributed by atoms with Crippen LogP contribution >= 0.6 is 0 Å². The molecule has 3 saturated carbocycles. The minimum absolute atomic E-state index is 0.0348. The van der Waals surface area contributed by atoms with Gasteiger partial charge in [0, 0.05) is 54.1 Å². The first-order chi connectivity index (χ1) is 27.5. The Hall–Kier alpha value is -5.26. The standard InChI is InChI=1S/C46H52FN5O5/c1-29-34(32-22-39(47)38(42(23-32)57-4)25-48-24-33-13-14-43(53)50-33)7-5-8-35(29)36-9-6-10-40-37(36)26-49-52(40)27-30-11-12-31(41(21-30)56-3)28-51(2)46-18-15-45(16-19-46,17-20-46)44(54)55/h5-12,21-23,26,33,48H,13-20,24-25,27-28H2,1-4H3,(H,50,53)(H,54,55). The first kappa shape index (κ1) is 38.6. The van der Waals surface area contributed by atoms with Gasteiger partial charge in [0.15, 0.2) is 0 Å². The second-order valence-corrected chi connectivity index (χ2v) is 16.4. The number of aliphatic carboxylic acids is 1. The number of methoxy groups -OCH3 is 2. The number of amides is 1. The molecule has 0 spiro atoms. The van der Waals surface area contributed by atoms with Crippen molar-refractivity contribution in [1.29, 1.82) is 0 Å². The van der Waals surface area contributed by atoms with Crippen LogP contribution in [0.1, 0.15) is 73.6 Å². The van der Waals surface area contributed by atoms with Gasteiger partial charge in [0.1, 0.15) is 17.3 Å². The summed E-state index contributed by atoms with van der Waals surface area (Å²) in [5.74, 6) is 0.398. The molecule has 298 valence electrons. The summed E-state index contributed by atoms with van der Waals surface area (Å²) in [6.45, 7) is 4.23. The Balaban J connectivity index is 0.999. The van der Waals surface area contributed by atoms with E-state index in [0.717, 1.165) is 107 Å². The molecule has 3 N–H and O–H groups in total. The van der Waals surface area contributed by atoms with Gasteiger partial charge in [-0.2, -0.15) is 5.10 Å². The van der Waals surface area contributed by atoms with Crippen molar-refractivity contribution in [1.82, 2.24) is 25.3 Å². The maximum absolute atomic E-state index is 15.7. The van der Waals surface area contributed by atoms with Crippen LogP contribution in [0, 0.1) is 18.2 Å². The molecule has 5 aromatic rings. The highest BCUT2D eigenvalue weighted by atomic mass is 19.1. The lowest BCUT2D eigenvalue weighted by molar-refractivity contribution is -0.160. The molecule has 9 rings (SSSR count). The van der Waals surface area contributed by atoms with E-state index in [1.54, 1.807) is 20.3 Å². The summed E-state index contributed by atoms with van der Waals surface area (Å²) in [5.41, 5.74) is 7.93. The summed E-state index contributed by atoms with van der Waals surface area (Å²) >= 11 is 0. The van der Waals surface area contributed by atoms with Gasteiger partial charge >= 0.3 is 5.97 Å². The molecule has 1 aromatic heterocycles. The van der Waals surface area contributed by atoms with E-state index >= 15 is 4.39 Å². The molecule has 1 saturated heterocycles. The topological polar surface area (TPSA) is 118 Å². The number of halogens is 1. The zero-order valence-corrected chi connectivity index (χ0v) is 33.3. The van der Waals surface area contributed by atoms with Gasteiger partial charge in [-0.15, -0.1) is 0 Å². The molecule has 4 aliphatic rings. The fourth-order valence-electron chi connectivity index (χ4n) is 9.70. The van der Waals surface area contributed by atoms with E-state index in [0.29, 0.717) is 37.4 Å². The van der Waals surface area contributed by atoms with Crippen LogP contribution in [-0.4, -0.2) is 71.1 Å². The van der Waals surface area contributed by atoms with E-state index in [-0.39, 0.29) is 23.3 Å². The number of carbonyl (C=O) groups excluding carboxylic acids is 1. The fraction of sp³-hybridized carbons (Fsp3) is 0.413. The molecule has 57 heavy (non-hydrogen) atoms. The van der Waals surface area contributed by atoms with Crippen molar-refractivity contribution in [3.05, 3.63) is 101 Å². The van der Waals surface area contributed by atoms with E-state index in [1.165, 1.54) is 0 Å². The fourth-order valence-corrected chi connectivity index (χ4v) is 9.70. The number of ether oxygens (including phenoxy) is 2. The van der Waals surface area contributed by atoms with E-state index in [4.69, 9.17) is 14.6 Å². The Labute approximate surface area is 333 Å². The number of hydrogen-bond donors (Lipinski definition) is 3. The lowest BCUT2D eigenvalue weighted by Crippen LogP contribution is -2.56. The number of carboxylic acids is 1. The average molecular weight is 774 g/mol. The van der Waals surface area contributed by atoms with Crippen molar-refractivity contribution >= 4 is 22.8 Å². The number of carboxylic acid groups (broad SMARTS) is 1. The number of rotatable bonds is 14. The maximum atomic E-state index is 15.7. The molecule has 1 amide bonds. The van der Waals surface area contributed by atoms with Gasteiger partial charge in [0.25, 0.3) is 0 Å². The third kappa shape index (κ3) is 7.27. The second kappa shape index (κ2) is 15.6. The van der Waals surface area contributed by atoms with Gasteiger partial charge in [-0.3, -0.25) is 19.2 Å². The van der Waals surface area contributed by atoms with E-state index in [1.807, 2.05) is 29.1 Å². The summed E-state index contributed by atoms with van der Waals surface area (Å²) in [6, 6.07) is 22.3. The average Bonchev–Trinajstić information content (AvgIpc) is 3.84. The van der Waals surface area contributed by atoms with Crippen LogP contribution in [0.15, 0.2) is 72.9 Å². The molecule has 1 aliphatic heterocycles.